The van der Waals surface area contributed by atoms with E-state index in [1.54, 1.807) is 0 Å². The van der Waals surface area contributed by atoms with Crippen molar-refractivity contribution < 1.29 is 9.13 Å². The van der Waals surface area contributed by atoms with E-state index in [1.165, 1.54) is 82.8 Å². The molecule has 0 saturated heterocycles. The predicted molar refractivity (Wildman–Crippen MR) is 235 cm³/mol. The van der Waals surface area contributed by atoms with Gasteiger partial charge < -0.3 is 0 Å². The first-order valence-electron chi connectivity index (χ1n) is 20.0. The maximum atomic E-state index is 4.93. The van der Waals surface area contributed by atoms with E-state index in [0.29, 0.717) is 0 Å². The number of nitrogens with zero attached hydrogens (tertiary/aromatic N) is 4. The fourth-order valence-corrected chi connectivity index (χ4v) is 9.40. The number of pyridine rings is 4. The maximum absolute atomic E-state index is 4.93. The van der Waals surface area contributed by atoms with Crippen molar-refractivity contribution in [3.05, 3.63) is 191 Å². The lowest BCUT2D eigenvalue weighted by atomic mass is 9.86. The molecule has 0 unspecified atom stereocenters. The van der Waals surface area contributed by atoms with Crippen molar-refractivity contribution in [2.45, 2.75) is 47.5 Å². The molecule has 4 aromatic heterocycles. The average Bonchev–Trinajstić information content (AvgIpc) is 3.24. The minimum Gasteiger partial charge on any atom is -0.258 e. The molecule has 5 aromatic carbocycles. The fraction of sp³-hybridized carbons (Fsp3) is 0.132. The van der Waals surface area contributed by atoms with Gasteiger partial charge in [-0.1, -0.05) is 85.3 Å². The molecule has 0 saturated carbocycles. The number of hydrogen-bond acceptors (Lipinski definition) is 2. The van der Waals surface area contributed by atoms with Crippen LogP contribution >= 0.6 is 0 Å². The Morgan fingerprint density at radius 1 is 0.614 bits per heavy atom. The van der Waals surface area contributed by atoms with Gasteiger partial charge in [-0.15, -0.1) is 0 Å². The molecule has 0 radical (unpaired) electrons. The molecule has 9 aromatic rings. The Hall–Kier alpha value is -6.78. The number of hydrogen-bond donors (Lipinski definition) is 0. The van der Waals surface area contributed by atoms with Crippen molar-refractivity contribution in [3.63, 3.8) is 0 Å². The van der Waals surface area contributed by atoms with E-state index in [4.69, 9.17) is 9.97 Å². The van der Waals surface area contributed by atoms with Crippen LogP contribution in [0.1, 0.15) is 46.1 Å². The Balaban J connectivity index is 1.41. The summed E-state index contributed by atoms with van der Waals surface area (Å²) >= 11 is 0. The molecule has 1 aliphatic heterocycles. The van der Waals surface area contributed by atoms with Crippen molar-refractivity contribution in [2.75, 3.05) is 0 Å². The van der Waals surface area contributed by atoms with E-state index < -0.39 is 0 Å². The number of allylic oxidation sites excluding steroid dienone is 1. The van der Waals surface area contributed by atoms with Crippen LogP contribution < -0.4 is 9.13 Å². The molecule has 4 nitrogen and oxygen atoms in total. The van der Waals surface area contributed by atoms with Gasteiger partial charge in [-0.2, -0.15) is 9.13 Å². The van der Waals surface area contributed by atoms with E-state index in [-0.39, 0.29) is 0 Å². The zero-order valence-corrected chi connectivity index (χ0v) is 33.1. The smallest absolute Gasteiger partial charge is 0.258 e. The molecule has 57 heavy (non-hydrogen) atoms. The number of fused-ring (bicyclic) bond motifs is 8. The lowest BCUT2D eigenvalue weighted by Gasteiger charge is -2.22. The van der Waals surface area contributed by atoms with Crippen LogP contribution in [-0.4, -0.2) is 9.97 Å². The highest BCUT2D eigenvalue weighted by atomic mass is 15.1. The Bertz CT molecular complexity index is 3120. The van der Waals surface area contributed by atoms with Gasteiger partial charge in [-0.05, 0) is 110 Å². The van der Waals surface area contributed by atoms with Crippen molar-refractivity contribution in [2.24, 2.45) is 0 Å². The zero-order chi connectivity index (χ0) is 38.8. The summed E-state index contributed by atoms with van der Waals surface area (Å²) < 4.78 is 4.99. The van der Waals surface area contributed by atoms with Crippen molar-refractivity contribution in [3.8, 4) is 33.8 Å². The normalized spacial score (nSPS) is 13.2. The number of benzene rings is 5. The van der Waals surface area contributed by atoms with E-state index in [2.05, 4.69) is 184 Å². The molecule has 10 rings (SSSR count). The molecular formula is C53H44N4+2. The first kappa shape index (κ1) is 34.7. The Morgan fingerprint density at radius 2 is 1.39 bits per heavy atom. The van der Waals surface area contributed by atoms with E-state index in [9.17, 15) is 0 Å². The Kier molecular flexibility index (Phi) is 8.37. The Labute approximate surface area is 334 Å². The Morgan fingerprint density at radius 3 is 2.23 bits per heavy atom. The van der Waals surface area contributed by atoms with Crippen molar-refractivity contribution >= 4 is 43.7 Å². The van der Waals surface area contributed by atoms with Crippen molar-refractivity contribution in [1.29, 1.82) is 0 Å². The van der Waals surface area contributed by atoms with Gasteiger partial charge in [0.1, 0.15) is 0 Å². The topological polar surface area (TPSA) is 33.5 Å². The van der Waals surface area contributed by atoms with Crippen LogP contribution in [0, 0.1) is 27.7 Å². The summed E-state index contributed by atoms with van der Waals surface area (Å²) in [6, 6.07) is 48.9. The van der Waals surface area contributed by atoms with Crippen LogP contribution in [0.5, 0.6) is 0 Å². The maximum Gasteiger partial charge on any atom is 0.287 e. The molecule has 0 fully saturated rings. The van der Waals surface area contributed by atoms with Gasteiger partial charge in [0.15, 0.2) is 12.4 Å². The predicted octanol–water partition coefficient (Wildman–Crippen LogP) is 11.7. The summed E-state index contributed by atoms with van der Waals surface area (Å²) in [6.45, 7) is 11.0. The van der Waals surface area contributed by atoms with Crippen LogP contribution in [-0.2, 0) is 12.8 Å². The summed E-state index contributed by atoms with van der Waals surface area (Å²) in [5, 5.41) is 7.34. The second kappa shape index (κ2) is 13.8. The molecule has 4 heteroatoms. The van der Waals surface area contributed by atoms with Crippen LogP contribution in [0.2, 0.25) is 0 Å². The molecular weight excluding hydrogens is 693 g/mol. The summed E-state index contributed by atoms with van der Waals surface area (Å²) in [7, 11) is 0. The van der Waals surface area contributed by atoms with Gasteiger partial charge in [-0.25, -0.2) is 0 Å². The number of aryl methyl sites for hydroxylation is 5. The summed E-state index contributed by atoms with van der Waals surface area (Å²) in [5.41, 5.74) is 17.8. The molecule has 274 valence electrons. The molecule has 0 atom stereocenters. The van der Waals surface area contributed by atoms with Crippen LogP contribution in [0.3, 0.4) is 0 Å². The van der Waals surface area contributed by atoms with Gasteiger partial charge in [0, 0.05) is 46.1 Å². The third-order valence-electron chi connectivity index (χ3n) is 11.9. The largest absolute Gasteiger partial charge is 0.287 e. The summed E-state index contributed by atoms with van der Waals surface area (Å²) in [6.07, 6.45) is 8.19. The molecule has 0 aliphatic carbocycles. The van der Waals surface area contributed by atoms with Gasteiger partial charge >= 0.3 is 0 Å². The third-order valence-corrected chi connectivity index (χ3v) is 11.9. The highest BCUT2D eigenvalue weighted by Gasteiger charge is 2.40. The van der Waals surface area contributed by atoms with Gasteiger partial charge in [0.2, 0.25) is 11.4 Å². The molecule has 0 spiro atoms. The summed E-state index contributed by atoms with van der Waals surface area (Å²) in [5.74, 6) is 0. The molecule has 0 N–H and O–H groups in total. The number of rotatable bonds is 5. The third kappa shape index (κ3) is 5.66. The van der Waals surface area contributed by atoms with Gasteiger partial charge in [0.05, 0.1) is 39.6 Å². The minimum atomic E-state index is 0.751. The van der Waals surface area contributed by atoms with Crippen molar-refractivity contribution in [1.82, 2.24) is 9.97 Å². The lowest BCUT2D eigenvalue weighted by molar-refractivity contribution is -0.597. The van der Waals surface area contributed by atoms with Gasteiger partial charge in [-0.3, -0.25) is 9.97 Å². The first-order chi connectivity index (χ1) is 27.9. The van der Waals surface area contributed by atoms with Crippen LogP contribution in [0.25, 0.3) is 77.5 Å². The average molecular weight is 737 g/mol. The van der Waals surface area contributed by atoms with Crippen LogP contribution in [0.15, 0.2) is 152 Å². The highest BCUT2D eigenvalue weighted by Crippen LogP contribution is 2.42. The zero-order valence-electron chi connectivity index (χ0n) is 33.1. The second-order valence-electron chi connectivity index (χ2n) is 15.5. The van der Waals surface area contributed by atoms with E-state index >= 15 is 0 Å². The molecule has 0 bridgehead atoms. The molecule has 0 amide bonds. The SMILES string of the molecule is CCc1ccccc1-c1c2ccccc2cc[n+]1/C(=C1/Cc2c(C)cc(C)cc2-c2c3ccc4c(C)nc(C)cc4c3cc[n+]21)c1ccccc1-c1ccccn1. The molecule has 1 aliphatic rings. The van der Waals surface area contributed by atoms with E-state index in [0.717, 1.165) is 46.7 Å². The van der Waals surface area contributed by atoms with E-state index in [1.807, 2.05) is 12.3 Å². The van der Waals surface area contributed by atoms with Gasteiger partial charge in [0.25, 0.3) is 11.4 Å². The number of aromatic nitrogens is 4. The fourth-order valence-electron chi connectivity index (χ4n) is 9.40. The standard InChI is InChI=1S/C53H44N4/c1-6-37-15-7-9-17-40(37)51-41-18-10-8-16-38(41)24-27-57(51)53(44-20-12-11-19-43(44)49-21-13-14-26-54-49)50-32-46-34(3)29-33(2)30-48(46)52-45-23-22-39-36(5)55-35(4)31-47(39)42(45)25-28-56(50)52/h7-31H,6,32H2,1-5H3/q+2/b53-50-. The quantitative estimate of drug-likeness (QED) is 0.130. The second-order valence-corrected chi connectivity index (χ2v) is 15.5. The minimum absolute atomic E-state index is 0.751. The lowest BCUT2D eigenvalue weighted by Crippen LogP contribution is -2.46. The van der Waals surface area contributed by atoms with Crippen LogP contribution in [0.4, 0.5) is 0 Å². The summed E-state index contributed by atoms with van der Waals surface area (Å²) in [4.78, 5) is 9.77. The first-order valence-corrected chi connectivity index (χ1v) is 20.0. The highest BCUT2D eigenvalue weighted by molar-refractivity contribution is 6.12. The monoisotopic (exact) mass is 736 g/mol. The molecule has 5 heterocycles.